The molecule has 5 nitrogen and oxygen atoms in total. The predicted octanol–water partition coefficient (Wildman–Crippen LogP) is 6.38. The lowest BCUT2D eigenvalue weighted by molar-refractivity contribution is -0.137. The summed E-state index contributed by atoms with van der Waals surface area (Å²) >= 11 is 5.91. The third-order valence-electron chi connectivity index (χ3n) is 5.18. The van der Waals surface area contributed by atoms with Crippen LogP contribution < -0.4 is 5.32 Å². The molecule has 0 saturated heterocycles. The molecule has 0 aliphatic heterocycles. The van der Waals surface area contributed by atoms with Crippen LogP contribution >= 0.6 is 11.6 Å². The van der Waals surface area contributed by atoms with Gasteiger partial charge in [-0.05, 0) is 72.7 Å². The number of aliphatic carboxylic acids is 1. The molecule has 6 heteroatoms. The van der Waals surface area contributed by atoms with Crippen LogP contribution in [0.1, 0.15) is 48.8 Å². The Bertz CT molecular complexity index is 1100. The van der Waals surface area contributed by atoms with Gasteiger partial charge in [0.05, 0.1) is 0 Å². The summed E-state index contributed by atoms with van der Waals surface area (Å²) < 4.78 is 0. The molecule has 33 heavy (non-hydrogen) atoms. The van der Waals surface area contributed by atoms with E-state index >= 15 is 0 Å². The second-order valence-corrected chi connectivity index (χ2v) is 8.19. The van der Waals surface area contributed by atoms with E-state index in [1.165, 1.54) is 0 Å². The molecule has 0 spiro atoms. The lowest BCUT2D eigenvalue weighted by atomic mass is 9.97. The number of halogens is 1. The molecule has 3 rings (SSSR count). The summed E-state index contributed by atoms with van der Waals surface area (Å²) in [4.78, 5) is 27.5. The molecule has 1 heterocycles. The fourth-order valence-electron chi connectivity index (χ4n) is 3.49. The molecule has 0 radical (unpaired) electrons. The standard InChI is InChI=1S/C27H27ClN2O3/c28-23-14-11-20(12-15-23)13-16-26(31)30-24-8-4-6-21(18-24)25(22-7-5-17-29-19-22)9-2-1-3-10-27(32)33/h4-9,11-12,14-15,17-19H,1-3,10,13,16H2,(H,30,31)(H,32,33). The van der Waals surface area contributed by atoms with Crippen molar-refractivity contribution in [1.82, 2.24) is 4.98 Å². The van der Waals surface area contributed by atoms with Crippen molar-refractivity contribution < 1.29 is 14.7 Å². The molecule has 0 fully saturated rings. The molecule has 1 aromatic heterocycles. The maximum absolute atomic E-state index is 12.5. The van der Waals surface area contributed by atoms with Crippen LogP contribution in [0.5, 0.6) is 0 Å². The number of carbonyl (C=O) groups is 2. The van der Waals surface area contributed by atoms with Gasteiger partial charge in [-0.25, -0.2) is 0 Å². The third kappa shape index (κ3) is 8.20. The van der Waals surface area contributed by atoms with E-state index in [1.54, 1.807) is 12.4 Å². The van der Waals surface area contributed by atoms with Gasteiger partial charge in [0.25, 0.3) is 0 Å². The van der Waals surface area contributed by atoms with E-state index in [0.29, 0.717) is 24.3 Å². The molecule has 2 aromatic carbocycles. The van der Waals surface area contributed by atoms with E-state index in [2.05, 4.69) is 16.4 Å². The molecule has 2 N–H and O–H groups in total. The Kier molecular flexibility index (Phi) is 9.21. The smallest absolute Gasteiger partial charge is 0.303 e. The number of hydrogen-bond donors (Lipinski definition) is 2. The monoisotopic (exact) mass is 462 g/mol. The summed E-state index contributed by atoms with van der Waals surface area (Å²) in [6.45, 7) is 0. The van der Waals surface area contributed by atoms with E-state index in [1.807, 2.05) is 60.7 Å². The average Bonchev–Trinajstić information content (AvgIpc) is 2.81. The van der Waals surface area contributed by atoms with Crippen LogP contribution in [0.15, 0.2) is 79.1 Å². The van der Waals surface area contributed by atoms with Crippen LogP contribution in [-0.4, -0.2) is 22.0 Å². The first kappa shape index (κ1) is 24.2. The van der Waals surface area contributed by atoms with Crippen molar-refractivity contribution in [3.8, 4) is 0 Å². The van der Waals surface area contributed by atoms with Crippen LogP contribution in [0.2, 0.25) is 5.02 Å². The summed E-state index contributed by atoms with van der Waals surface area (Å²) in [5.74, 6) is -0.825. The van der Waals surface area contributed by atoms with Crippen LogP contribution in [0.25, 0.3) is 5.57 Å². The van der Waals surface area contributed by atoms with Gasteiger partial charge in [-0.15, -0.1) is 0 Å². The maximum atomic E-state index is 12.5. The van der Waals surface area contributed by atoms with Gasteiger partial charge < -0.3 is 10.4 Å². The van der Waals surface area contributed by atoms with Crippen molar-refractivity contribution in [3.63, 3.8) is 0 Å². The van der Waals surface area contributed by atoms with E-state index in [0.717, 1.165) is 40.8 Å². The summed E-state index contributed by atoms with van der Waals surface area (Å²) in [6, 6.07) is 19.1. The number of nitrogens with zero attached hydrogens (tertiary/aromatic N) is 1. The number of amides is 1. The number of benzene rings is 2. The lowest BCUT2D eigenvalue weighted by Crippen LogP contribution is -2.12. The highest BCUT2D eigenvalue weighted by molar-refractivity contribution is 6.30. The number of rotatable bonds is 11. The van der Waals surface area contributed by atoms with Crippen molar-refractivity contribution in [2.24, 2.45) is 0 Å². The Hall–Kier alpha value is -3.44. The van der Waals surface area contributed by atoms with Crippen molar-refractivity contribution >= 4 is 34.7 Å². The van der Waals surface area contributed by atoms with Gasteiger partial charge in [0.2, 0.25) is 5.91 Å². The van der Waals surface area contributed by atoms with Gasteiger partial charge >= 0.3 is 5.97 Å². The molecule has 0 saturated carbocycles. The Morgan fingerprint density at radius 2 is 1.76 bits per heavy atom. The van der Waals surface area contributed by atoms with Gasteiger partial charge in [-0.2, -0.15) is 0 Å². The number of pyridine rings is 1. The number of carboxylic acids is 1. The molecule has 0 unspecified atom stereocenters. The van der Waals surface area contributed by atoms with Crippen LogP contribution in [0.4, 0.5) is 5.69 Å². The number of aryl methyl sites for hydroxylation is 1. The molecule has 0 bridgehead atoms. The minimum Gasteiger partial charge on any atom is -0.481 e. The molecule has 0 aliphatic rings. The summed E-state index contributed by atoms with van der Waals surface area (Å²) in [5, 5.41) is 12.5. The van der Waals surface area contributed by atoms with Crippen LogP contribution in [0, 0.1) is 0 Å². The number of carbonyl (C=O) groups excluding carboxylic acids is 1. The highest BCUT2D eigenvalue weighted by Gasteiger charge is 2.09. The molecule has 1 amide bonds. The molecule has 0 aliphatic carbocycles. The molecular weight excluding hydrogens is 436 g/mol. The zero-order valence-corrected chi connectivity index (χ0v) is 19.1. The quantitative estimate of drug-likeness (QED) is 0.324. The van der Waals surface area contributed by atoms with Crippen molar-refractivity contribution in [2.45, 2.75) is 38.5 Å². The maximum Gasteiger partial charge on any atom is 0.303 e. The number of hydrogen-bond acceptors (Lipinski definition) is 3. The molecule has 3 aromatic rings. The summed E-state index contributed by atoms with van der Waals surface area (Å²) in [7, 11) is 0. The highest BCUT2D eigenvalue weighted by atomic mass is 35.5. The number of anilines is 1. The number of unbranched alkanes of at least 4 members (excludes halogenated alkanes) is 2. The minimum absolute atomic E-state index is 0.0531. The number of carboxylic acid groups (broad SMARTS) is 1. The first-order valence-electron chi connectivity index (χ1n) is 11.0. The minimum atomic E-state index is -0.772. The summed E-state index contributed by atoms with van der Waals surface area (Å²) in [5.41, 5.74) is 4.75. The van der Waals surface area contributed by atoms with Crippen LogP contribution in [0.3, 0.4) is 0 Å². The number of aromatic nitrogens is 1. The zero-order valence-electron chi connectivity index (χ0n) is 18.3. The van der Waals surface area contributed by atoms with E-state index in [-0.39, 0.29) is 12.3 Å². The third-order valence-corrected chi connectivity index (χ3v) is 5.43. The van der Waals surface area contributed by atoms with Crippen molar-refractivity contribution in [2.75, 3.05) is 5.32 Å². The van der Waals surface area contributed by atoms with Crippen molar-refractivity contribution in [1.29, 1.82) is 0 Å². The van der Waals surface area contributed by atoms with Crippen LogP contribution in [-0.2, 0) is 16.0 Å². The zero-order chi connectivity index (χ0) is 23.5. The molecule has 0 atom stereocenters. The second kappa shape index (κ2) is 12.6. The fourth-order valence-corrected chi connectivity index (χ4v) is 3.61. The number of nitrogens with one attached hydrogen (secondary N) is 1. The SMILES string of the molecule is O=C(O)CCCCC=C(c1cccnc1)c1cccc(NC(=O)CCc2ccc(Cl)cc2)c1. The Balaban J connectivity index is 1.68. The lowest BCUT2D eigenvalue weighted by Gasteiger charge is -2.11. The number of allylic oxidation sites excluding steroid dienone is 1. The summed E-state index contributed by atoms with van der Waals surface area (Å²) in [6.07, 6.45) is 9.02. The van der Waals surface area contributed by atoms with Gasteiger partial charge in [0, 0.05) is 41.5 Å². The van der Waals surface area contributed by atoms with Crippen molar-refractivity contribution in [3.05, 3.63) is 101 Å². The Labute approximate surface area is 199 Å². The first-order chi connectivity index (χ1) is 16.0. The first-order valence-corrected chi connectivity index (χ1v) is 11.4. The van der Waals surface area contributed by atoms with Gasteiger partial charge in [-0.3, -0.25) is 14.6 Å². The topological polar surface area (TPSA) is 79.3 Å². The van der Waals surface area contributed by atoms with E-state index in [9.17, 15) is 9.59 Å². The largest absolute Gasteiger partial charge is 0.481 e. The molecular formula is C27H27ClN2O3. The van der Waals surface area contributed by atoms with E-state index < -0.39 is 5.97 Å². The molecule has 170 valence electrons. The Morgan fingerprint density at radius 1 is 0.970 bits per heavy atom. The second-order valence-electron chi connectivity index (χ2n) is 7.75. The van der Waals surface area contributed by atoms with Gasteiger partial charge in [-0.1, -0.05) is 48.0 Å². The van der Waals surface area contributed by atoms with Gasteiger partial charge in [0.15, 0.2) is 0 Å². The average molecular weight is 463 g/mol. The van der Waals surface area contributed by atoms with Gasteiger partial charge in [0.1, 0.15) is 0 Å². The highest BCUT2D eigenvalue weighted by Crippen LogP contribution is 2.26. The Morgan fingerprint density at radius 3 is 2.48 bits per heavy atom. The predicted molar refractivity (Wildman–Crippen MR) is 132 cm³/mol. The van der Waals surface area contributed by atoms with E-state index in [4.69, 9.17) is 16.7 Å². The fraction of sp³-hybridized carbons (Fsp3) is 0.222. The normalized spacial score (nSPS) is 11.2.